The van der Waals surface area contributed by atoms with E-state index in [-0.39, 0.29) is 19.4 Å². The molecule has 0 heterocycles. The molecule has 0 spiro atoms. The van der Waals surface area contributed by atoms with Crippen LogP contribution in [0.1, 0.15) is 149 Å². The number of aliphatic hydroxyl groups excluding tert-OH is 3. The Morgan fingerprint density at radius 3 is 1.72 bits per heavy atom. The summed E-state index contributed by atoms with van der Waals surface area (Å²) in [4.78, 5) is 34.9. The molecule has 0 aromatic heterocycles. The van der Waals surface area contributed by atoms with E-state index in [2.05, 4.69) is 48.8 Å². The van der Waals surface area contributed by atoms with Crippen molar-refractivity contribution < 1.29 is 52.9 Å². The maximum absolute atomic E-state index is 12.6. The molecule has 0 aliphatic heterocycles. The van der Waals surface area contributed by atoms with Gasteiger partial charge in [0.15, 0.2) is 6.10 Å². The second-order valence-corrected chi connectivity index (χ2v) is 15.7. The number of carbonyl (C=O) groups excluding carboxylic acids is 2. The van der Waals surface area contributed by atoms with Gasteiger partial charge in [0, 0.05) is 12.8 Å². The van der Waals surface area contributed by atoms with Crippen molar-refractivity contribution >= 4 is 19.8 Å². The van der Waals surface area contributed by atoms with E-state index in [9.17, 15) is 29.3 Å². The fourth-order valence-corrected chi connectivity index (χ4v) is 5.99. The maximum Gasteiger partial charge on any atom is 0.472 e. The molecule has 0 saturated carbocycles. The van der Waals surface area contributed by atoms with E-state index in [0.29, 0.717) is 38.5 Å². The van der Waals surface area contributed by atoms with E-state index in [1.165, 1.54) is 57.8 Å². The van der Waals surface area contributed by atoms with Crippen LogP contribution in [-0.4, -0.2) is 76.9 Å². The average Bonchev–Trinajstić information content (AvgIpc) is 3.21. The Bertz CT molecular complexity index is 1250. The number of ether oxygens (including phenoxy) is 2. The van der Waals surface area contributed by atoms with Gasteiger partial charge in [0.25, 0.3) is 0 Å². The largest absolute Gasteiger partial charge is 0.472 e. The van der Waals surface area contributed by atoms with Crippen molar-refractivity contribution in [2.45, 2.75) is 167 Å². The molecule has 0 saturated heterocycles. The van der Waals surface area contributed by atoms with Crippen LogP contribution in [0.15, 0.2) is 85.1 Å². The number of carbonyl (C=O) groups is 2. The molecule has 0 amide bonds. The number of hydrogen-bond donors (Lipinski definition) is 4. The summed E-state index contributed by atoms with van der Waals surface area (Å²) in [5.74, 6) is -1.10. The molecule has 0 aromatic rings. The number of aliphatic hydroxyl groups is 3. The average molecular weight is 837 g/mol. The Balaban J connectivity index is 4.56. The van der Waals surface area contributed by atoms with Crippen LogP contribution >= 0.6 is 7.82 Å². The summed E-state index contributed by atoms with van der Waals surface area (Å²) in [7, 11) is -4.66. The number of phosphoric ester groups is 1. The van der Waals surface area contributed by atoms with Crippen LogP contribution in [-0.2, 0) is 32.7 Å². The lowest BCUT2D eigenvalue weighted by atomic mass is 10.1. The fraction of sp³-hybridized carbons (Fsp3) is 0.652. The molecule has 0 rings (SSSR count). The van der Waals surface area contributed by atoms with Gasteiger partial charge in [-0.1, -0.05) is 144 Å². The third-order valence-electron chi connectivity index (χ3n) is 8.60. The van der Waals surface area contributed by atoms with Crippen LogP contribution in [0.5, 0.6) is 0 Å². The molecule has 1 unspecified atom stereocenters. The maximum atomic E-state index is 12.6. The van der Waals surface area contributed by atoms with Gasteiger partial charge < -0.3 is 29.7 Å². The first kappa shape index (κ1) is 55.1. The van der Waals surface area contributed by atoms with Crippen LogP contribution in [0.25, 0.3) is 0 Å². The van der Waals surface area contributed by atoms with E-state index in [4.69, 9.17) is 19.1 Å². The molecule has 332 valence electrons. The third kappa shape index (κ3) is 39.9. The molecule has 12 heteroatoms. The molecule has 11 nitrogen and oxygen atoms in total. The highest BCUT2D eigenvalue weighted by atomic mass is 31.2. The van der Waals surface area contributed by atoms with Crippen LogP contribution in [0.3, 0.4) is 0 Å². The zero-order chi connectivity index (χ0) is 42.8. The molecule has 0 radical (unpaired) electrons. The predicted molar refractivity (Wildman–Crippen MR) is 234 cm³/mol. The molecule has 0 aromatic carbocycles. The van der Waals surface area contributed by atoms with Gasteiger partial charge >= 0.3 is 19.8 Å². The molecule has 0 aliphatic rings. The van der Waals surface area contributed by atoms with Crippen molar-refractivity contribution in [3.63, 3.8) is 0 Å². The first-order valence-electron chi connectivity index (χ1n) is 21.7. The summed E-state index contributed by atoms with van der Waals surface area (Å²) in [6.45, 7) is 2.11. The van der Waals surface area contributed by atoms with Crippen molar-refractivity contribution in [2.75, 3.05) is 26.4 Å². The van der Waals surface area contributed by atoms with Crippen LogP contribution in [0.2, 0.25) is 0 Å². The van der Waals surface area contributed by atoms with Crippen molar-refractivity contribution in [2.24, 2.45) is 0 Å². The highest BCUT2D eigenvalue weighted by Gasteiger charge is 2.27. The number of hydrogen-bond acceptors (Lipinski definition) is 10. The normalized spacial score (nSPS) is 15.2. The lowest BCUT2D eigenvalue weighted by molar-refractivity contribution is -0.161. The summed E-state index contributed by atoms with van der Waals surface area (Å²) < 4.78 is 32.5. The van der Waals surface area contributed by atoms with E-state index in [1.54, 1.807) is 6.08 Å². The van der Waals surface area contributed by atoms with Crippen molar-refractivity contribution in [1.82, 2.24) is 0 Å². The molecule has 0 bridgehead atoms. The van der Waals surface area contributed by atoms with E-state index in [1.807, 2.05) is 48.6 Å². The molecule has 0 aliphatic carbocycles. The van der Waals surface area contributed by atoms with Gasteiger partial charge in [-0.2, -0.15) is 0 Å². The minimum absolute atomic E-state index is 0.0839. The molecule has 4 N–H and O–H groups in total. The topological polar surface area (TPSA) is 169 Å². The van der Waals surface area contributed by atoms with Gasteiger partial charge in [-0.05, 0) is 77.0 Å². The predicted octanol–water partition coefficient (Wildman–Crippen LogP) is 10.4. The summed E-state index contributed by atoms with van der Waals surface area (Å²) in [5.41, 5.74) is 0. The summed E-state index contributed by atoms with van der Waals surface area (Å²) >= 11 is 0. The second-order valence-electron chi connectivity index (χ2n) is 14.2. The Kier molecular flexibility index (Phi) is 38.8. The lowest BCUT2D eigenvalue weighted by Gasteiger charge is -2.20. The zero-order valence-corrected chi connectivity index (χ0v) is 36.5. The molecule has 4 atom stereocenters. The van der Waals surface area contributed by atoms with Crippen molar-refractivity contribution in [1.29, 1.82) is 0 Å². The molecule has 0 fully saturated rings. The highest BCUT2D eigenvalue weighted by molar-refractivity contribution is 7.47. The van der Waals surface area contributed by atoms with Gasteiger partial charge in [-0.25, -0.2) is 4.57 Å². The quantitative estimate of drug-likeness (QED) is 0.0153. The Morgan fingerprint density at radius 1 is 0.586 bits per heavy atom. The third-order valence-corrected chi connectivity index (χ3v) is 9.55. The summed E-state index contributed by atoms with van der Waals surface area (Å²) in [6.07, 6.45) is 44.5. The monoisotopic (exact) mass is 837 g/mol. The SMILES string of the molecule is CCCCC/C=C\C[C@@H](O)/C=C/C=C\C/C=C\CCCC(=O)OC[C@H](COP(=O)(O)OC[C@@H](O)CO)OC(=O)CCC/C=C\C/C=C\C/C=C\CCCCCCCC. The van der Waals surface area contributed by atoms with E-state index >= 15 is 0 Å². The van der Waals surface area contributed by atoms with Crippen LogP contribution < -0.4 is 0 Å². The Labute approximate surface area is 350 Å². The van der Waals surface area contributed by atoms with Gasteiger partial charge in [-0.15, -0.1) is 0 Å². The number of rotatable bonds is 39. The number of phosphoric acid groups is 1. The number of allylic oxidation sites excluding steroid dienone is 12. The number of unbranched alkanes of at least 4 members (excludes halogenated alkanes) is 11. The summed E-state index contributed by atoms with van der Waals surface area (Å²) in [5, 5.41) is 28.3. The minimum Gasteiger partial charge on any atom is -0.462 e. The smallest absolute Gasteiger partial charge is 0.462 e. The standard InChI is InChI=1S/C46H77O11P/c1-3-5-7-9-11-12-13-14-15-16-17-18-19-20-25-29-33-37-46(51)57-44(41-56-58(52,53)55-39-43(49)38-47)40-54-45(50)36-32-28-24-22-21-23-27-31-35-42(48)34-30-26-10-8-6-4-2/h14-15,17-18,20,22-27,30-31,35,42-44,47-49H,3-13,16,19,21,28-29,32-34,36-41H2,1-2H3,(H,52,53)/b15-14-,18-17-,24-22-,25-20-,27-23-,30-26-,35-31+/t42-,43+,44-/m1/s1. The van der Waals surface area contributed by atoms with Crippen LogP contribution in [0.4, 0.5) is 0 Å². The fourth-order valence-electron chi connectivity index (χ4n) is 5.20. The molecular formula is C46H77O11P. The molecular weight excluding hydrogens is 759 g/mol. The molecule has 58 heavy (non-hydrogen) atoms. The Hall–Kier alpha value is -2.89. The van der Waals surface area contributed by atoms with Crippen LogP contribution in [0, 0.1) is 0 Å². The zero-order valence-electron chi connectivity index (χ0n) is 35.6. The second kappa shape index (κ2) is 40.9. The Morgan fingerprint density at radius 2 is 1.09 bits per heavy atom. The van der Waals surface area contributed by atoms with E-state index in [0.717, 1.165) is 25.7 Å². The van der Waals surface area contributed by atoms with E-state index < -0.39 is 57.9 Å². The first-order valence-corrected chi connectivity index (χ1v) is 23.1. The van der Waals surface area contributed by atoms with Crippen molar-refractivity contribution in [3.8, 4) is 0 Å². The first-order chi connectivity index (χ1) is 28.1. The minimum atomic E-state index is -4.66. The summed E-state index contributed by atoms with van der Waals surface area (Å²) in [6, 6.07) is 0. The highest BCUT2D eigenvalue weighted by Crippen LogP contribution is 2.43. The van der Waals surface area contributed by atoms with Gasteiger partial charge in [0.1, 0.15) is 12.7 Å². The van der Waals surface area contributed by atoms with Gasteiger partial charge in [-0.3, -0.25) is 18.6 Å². The van der Waals surface area contributed by atoms with Gasteiger partial charge in [0.2, 0.25) is 0 Å². The number of esters is 2. The van der Waals surface area contributed by atoms with Gasteiger partial charge in [0.05, 0.1) is 25.9 Å². The lowest BCUT2D eigenvalue weighted by Crippen LogP contribution is -2.29. The van der Waals surface area contributed by atoms with Crippen molar-refractivity contribution in [3.05, 3.63) is 85.1 Å².